The average molecular weight is 278 g/mol. The highest BCUT2D eigenvalue weighted by Gasteiger charge is 2.03. The molecule has 2 rings (SSSR count). The first-order valence-electron chi connectivity index (χ1n) is 6.15. The second kappa shape index (κ2) is 6.34. The predicted molar refractivity (Wildman–Crippen MR) is 78.2 cm³/mol. The molecule has 0 saturated carbocycles. The lowest BCUT2D eigenvalue weighted by molar-refractivity contribution is 0.317. The minimum atomic E-state index is 0.492. The Balaban J connectivity index is 2.06. The summed E-state index contributed by atoms with van der Waals surface area (Å²) in [5.41, 5.74) is 6.24. The first-order chi connectivity index (χ1) is 9.19. The largest absolute Gasteiger partial charge is 0.494 e. The van der Waals surface area contributed by atoms with Crippen LogP contribution in [-0.4, -0.2) is 6.61 Å². The van der Waals surface area contributed by atoms with Crippen LogP contribution in [-0.2, 0) is 0 Å². The average Bonchev–Trinajstić information content (AvgIpc) is 2.41. The SMILES string of the molecule is CCCOc1ccc(Oc2ccc(N)cc2Cl)cc1. The first-order valence-corrected chi connectivity index (χ1v) is 6.52. The number of nitrogens with two attached hydrogens (primary N) is 1. The van der Waals surface area contributed by atoms with E-state index in [0.717, 1.165) is 12.2 Å². The van der Waals surface area contributed by atoms with Crippen molar-refractivity contribution in [3.05, 3.63) is 47.5 Å². The molecule has 0 saturated heterocycles. The van der Waals surface area contributed by atoms with Crippen LogP contribution < -0.4 is 15.2 Å². The topological polar surface area (TPSA) is 44.5 Å². The van der Waals surface area contributed by atoms with Gasteiger partial charge >= 0.3 is 0 Å². The molecule has 2 aromatic rings. The molecule has 0 bridgehead atoms. The van der Waals surface area contributed by atoms with Crippen LogP contribution in [0.4, 0.5) is 5.69 Å². The summed E-state index contributed by atoms with van der Waals surface area (Å²) in [4.78, 5) is 0. The molecule has 0 aliphatic heterocycles. The molecule has 0 aliphatic rings. The molecule has 0 radical (unpaired) electrons. The number of anilines is 1. The number of halogens is 1. The van der Waals surface area contributed by atoms with Crippen LogP contribution in [0.2, 0.25) is 5.02 Å². The van der Waals surface area contributed by atoms with Crippen molar-refractivity contribution in [1.82, 2.24) is 0 Å². The van der Waals surface area contributed by atoms with Crippen LogP contribution in [0, 0.1) is 0 Å². The van der Waals surface area contributed by atoms with Gasteiger partial charge in [-0.2, -0.15) is 0 Å². The van der Waals surface area contributed by atoms with Gasteiger partial charge in [-0.25, -0.2) is 0 Å². The molecule has 0 aliphatic carbocycles. The van der Waals surface area contributed by atoms with Crippen molar-refractivity contribution in [3.8, 4) is 17.2 Å². The molecular weight excluding hydrogens is 262 g/mol. The van der Waals surface area contributed by atoms with Gasteiger partial charge in [0, 0.05) is 5.69 Å². The zero-order valence-electron chi connectivity index (χ0n) is 10.7. The fraction of sp³-hybridized carbons (Fsp3) is 0.200. The van der Waals surface area contributed by atoms with Crippen LogP contribution in [0.25, 0.3) is 0 Å². The van der Waals surface area contributed by atoms with E-state index in [0.29, 0.717) is 28.8 Å². The summed E-state index contributed by atoms with van der Waals surface area (Å²) in [6, 6.07) is 12.6. The third-order valence-corrected chi connectivity index (χ3v) is 2.78. The highest BCUT2D eigenvalue weighted by molar-refractivity contribution is 6.32. The van der Waals surface area contributed by atoms with Gasteiger partial charge in [-0.05, 0) is 48.9 Å². The minimum Gasteiger partial charge on any atom is -0.494 e. The number of ether oxygens (including phenoxy) is 2. The van der Waals surface area contributed by atoms with Gasteiger partial charge < -0.3 is 15.2 Å². The van der Waals surface area contributed by atoms with Crippen LogP contribution in [0.3, 0.4) is 0 Å². The Hall–Kier alpha value is -1.87. The molecule has 0 amide bonds. The van der Waals surface area contributed by atoms with Gasteiger partial charge in [0.15, 0.2) is 0 Å². The first kappa shape index (κ1) is 13.6. The van der Waals surface area contributed by atoms with E-state index in [1.165, 1.54) is 0 Å². The van der Waals surface area contributed by atoms with Crippen LogP contribution in [0.15, 0.2) is 42.5 Å². The summed E-state index contributed by atoms with van der Waals surface area (Å²) in [6.45, 7) is 2.78. The van der Waals surface area contributed by atoms with E-state index in [2.05, 4.69) is 6.92 Å². The second-order valence-electron chi connectivity index (χ2n) is 4.11. The molecule has 2 aromatic carbocycles. The van der Waals surface area contributed by atoms with Gasteiger partial charge in [-0.1, -0.05) is 18.5 Å². The molecule has 0 heterocycles. The quantitative estimate of drug-likeness (QED) is 0.818. The van der Waals surface area contributed by atoms with E-state index in [1.54, 1.807) is 18.2 Å². The monoisotopic (exact) mass is 277 g/mol. The number of hydrogen-bond donors (Lipinski definition) is 1. The van der Waals surface area contributed by atoms with Gasteiger partial charge in [0.2, 0.25) is 0 Å². The molecule has 0 atom stereocenters. The second-order valence-corrected chi connectivity index (χ2v) is 4.52. The Kier molecular flexibility index (Phi) is 4.53. The summed E-state index contributed by atoms with van der Waals surface area (Å²) in [6.07, 6.45) is 0.985. The molecule has 19 heavy (non-hydrogen) atoms. The molecule has 4 heteroatoms. The van der Waals surface area contributed by atoms with E-state index < -0.39 is 0 Å². The Morgan fingerprint density at radius 3 is 2.37 bits per heavy atom. The molecule has 0 aromatic heterocycles. The fourth-order valence-electron chi connectivity index (χ4n) is 1.55. The summed E-state index contributed by atoms with van der Waals surface area (Å²) < 4.78 is 11.2. The highest BCUT2D eigenvalue weighted by atomic mass is 35.5. The maximum Gasteiger partial charge on any atom is 0.146 e. The van der Waals surface area contributed by atoms with Crippen LogP contribution in [0.1, 0.15) is 13.3 Å². The van der Waals surface area contributed by atoms with Crippen LogP contribution >= 0.6 is 11.6 Å². The van der Waals surface area contributed by atoms with Gasteiger partial charge in [-0.15, -0.1) is 0 Å². The minimum absolute atomic E-state index is 0.492. The molecule has 0 spiro atoms. The molecule has 2 N–H and O–H groups in total. The zero-order valence-corrected chi connectivity index (χ0v) is 11.5. The highest BCUT2D eigenvalue weighted by Crippen LogP contribution is 2.31. The Morgan fingerprint density at radius 2 is 1.74 bits per heavy atom. The smallest absolute Gasteiger partial charge is 0.146 e. The third kappa shape index (κ3) is 3.80. The standard InChI is InChI=1S/C15H16ClNO2/c1-2-9-18-12-4-6-13(7-5-12)19-15-8-3-11(17)10-14(15)16/h3-8,10H,2,9,17H2,1H3. The zero-order chi connectivity index (χ0) is 13.7. The maximum atomic E-state index is 6.05. The van der Waals surface area contributed by atoms with Crippen molar-refractivity contribution in [2.24, 2.45) is 0 Å². The summed E-state index contributed by atoms with van der Waals surface area (Å²) in [5, 5.41) is 0.492. The van der Waals surface area contributed by atoms with Crippen LogP contribution in [0.5, 0.6) is 17.2 Å². The lowest BCUT2D eigenvalue weighted by Gasteiger charge is -2.09. The summed E-state index contributed by atoms with van der Waals surface area (Å²) in [7, 11) is 0. The van der Waals surface area contributed by atoms with Crippen molar-refractivity contribution in [2.75, 3.05) is 12.3 Å². The van der Waals surface area contributed by atoms with Gasteiger partial charge in [0.05, 0.1) is 11.6 Å². The number of rotatable bonds is 5. The predicted octanol–water partition coefficient (Wildman–Crippen LogP) is 4.50. The van der Waals surface area contributed by atoms with E-state index in [9.17, 15) is 0 Å². The summed E-state index contributed by atoms with van der Waals surface area (Å²) in [5.74, 6) is 2.12. The molecule has 100 valence electrons. The molecule has 3 nitrogen and oxygen atoms in total. The Labute approximate surface area is 117 Å². The van der Waals surface area contributed by atoms with Crippen molar-refractivity contribution >= 4 is 17.3 Å². The van der Waals surface area contributed by atoms with E-state index in [1.807, 2.05) is 24.3 Å². The van der Waals surface area contributed by atoms with Crippen molar-refractivity contribution < 1.29 is 9.47 Å². The van der Waals surface area contributed by atoms with Gasteiger partial charge in [0.1, 0.15) is 17.2 Å². The maximum absolute atomic E-state index is 6.05. The third-order valence-electron chi connectivity index (χ3n) is 2.48. The van der Waals surface area contributed by atoms with E-state index in [4.69, 9.17) is 26.8 Å². The Morgan fingerprint density at radius 1 is 1.05 bits per heavy atom. The van der Waals surface area contributed by atoms with E-state index in [-0.39, 0.29) is 0 Å². The van der Waals surface area contributed by atoms with E-state index >= 15 is 0 Å². The number of hydrogen-bond acceptors (Lipinski definition) is 3. The molecule has 0 fully saturated rings. The molecular formula is C15H16ClNO2. The normalized spacial score (nSPS) is 10.2. The number of benzene rings is 2. The van der Waals surface area contributed by atoms with Gasteiger partial charge in [-0.3, -0.25) is 0 Å². The van der Waals surface area contributed by atoms with Crippen molar-refractivity contribution in [3.63, 3.8) is 0 Å². The number of nitrogen functional groups attached to an aromatic ring is 1. The van der Waals surface area contributed by atoms with Gasteiger partial charge in [0.25, 0.3) is 0 Å². The fourth-order valence-corrected chi connectivity index (χ4v) is 1.78. The summed E-state index contributed by atoms with van der Waals surface area (Å²) >= 11 is 6.05. The van der Waals surface area contributed by atoms with Crippen molar-refractivity contribution in [1.29, 1.82) is 0 Å². The molecule has 0 unspecified atom stereocenters. The Bertz CT molecular complexity index is 540. The lowest BCUT2D eigenvalue weighted by atomic mass is 10.3. The van der Waals surface area contributed by atoms with Crippen molar-refractivity contribution in [2.45, 2.75) is 13.3 Å². The lowest BCUT2D eigenvalue weighted by Crippen LogP contribution is -1.94.